The molecular formula is C23H26N2O4. The van der Waals surface area contributed by atoms with E-state index in [-0.39, 0.29) is 18.4 Å². The Morgan fingerprint density at radius 3 is 2.62 bits per heavy atom. The first-order valence-corrected chi connectivity index (χ1v) is 9.58. The Morgan fingerprint density at radius 2 is 1.93 bits per heavy atom. The van der Waals surface area contributed by atoms with Crippen LogP contribution in [0.1, 0.15) is 23.6 Å². The largest absolute Gasteiger partial charge is 0.493 e. The molecule has 0 saturated heterocycles. The van der Waals surface area contributed by atoms with Gasteiger partial charge in [0.1, 0.15) is 6.04 Å². The molecule has 2 aromatic rings. The van der Waals surface area contributed by atoms with Crippen molar-refractivity contribution in [1.29, 1.82) is 0 Å². The van der Waals surface area contributed by atoms with E-state index in [0.29, 0.717) is 24.5 Å². The van der Waals surface area contributed by atoms with Gasteiger partial charge < -0.3 is 19.7 Å². The molecule has 1 N–H and O–H groups in total. The molecule has 29 heavy (non-hydrogen) atoms. The van der Waals surface area contributed by atoms with Crippen molar-refractivity contribution in [2.24, 2.45) is 0 Å². The Morgan fingerprint density at radius 1 is 1.17 bits per heavy atom. The van der Waals surface area contributed by atoms with E-state index in [2.05, 4.69) is 5.32 Å². The van der Waals surface area contributed by atoms with E-state index >= 15 is 0 Å². The lowest BCUT2D eigenvalue weighted by molar-refractivity contribution is -0.143. The number of amides is 2. The van der Waals surface area contributed by atoms with Gasteiger partial charge in [0.05, 0.1) is 7.11 Å². The lowest BCUT2D eigenvalue weighted by Crippen LogP contribution is -2.53. The van der Waals surface area contributed by atoms with E-state index in [9.17, 15) is 9.59 Å². The second kappa shape index (κ2) is 9.28. The summed E-state index contributed by atoms with van der Waals surface area (Å²) < 4.78 is 11.1. The molecule has 1 heterocycles. The van der Waals surface area contributed by atoms with Gasteiger partial charge in [-0.05, 0) is 35.7 Å². The number of ether oxygens (including phenoxy) is 2. The number of likely N-dealkylation sites (N-methyl/N-ethyl adjacent to an activating group) is 1. The van der Waals surface area contributed by atoms with Gasteiger partial charge in [-0.15, -0.1) is 0 Å². The molecule has 0 spiro atoms. The summed E-state index contributed by atoms with van der Waals surface area (Å²) in [4.78, 5) is 26.9. The number of fused-ring (bicyclic) bond motifs is 1. The average molecular weight is 394 g/mol. The maximum atomic E-state index is 13.0. The Labute approximate surface area is 171 Å². The van der Waals surface area contributed by atoms with Crippen molar-refractivity contribution < 1.29 is 19.1 Å². The summed E-state index contributed by atoms with van der Waals surface area (Å²) in [6.07, 6.45) is 4.38. The lowest BCUT2D eigenvalue weighted by atomic mass is 9.93. The van der Waals surface area contributed by atoms with Gasteiger partial charge in [-0.25, -0.2) is 0 Å². The van der Waals surface area contributed by atoms with Crippen LogP contribution in [0.25, 0.3) is 6.08 Å². The summed E-state index contributed by atoms with van der Waals surface area (Å²) in [6, 6.07) is 12.9. The maximum Gasteiger partial charge on any atom is 0.261 e. The van der Waals surface area contributed by atoms with Crippen molar-refractivity contribution in [3.05, 3.63) is 65.2 Å². The Bertz CT molecular complexity index is 923. The van der Waals surface area contributed by atoms with Crippen molar-refractivity contribution in [2.75, 3.05) is 20.8 Å². The van der Waals surface area contributed by atoms with Crippen LogP contribution < -0.4 is 14.8 Å². The van der Waals surface area contributed by atoms with Crippen molar-refractivity contribution >= 4 is 17.9 Å². The van der Waals surface area contributed by atoms with Crippen LogP contribution in [0.3, 0.4) is 0 Å². The number of carbonyl (C=O) groups excluding carboxylic acids is 2. The molecule has 0 bridgehead atoms. The van der Waals surface area contributed by atoms with Crippen molar-refractivity contribution in [3.8, 4) is 11.5 Å². The standard InChI is InChI=1S/C23H26N2O4/c1-4-7-16-10-11-20(21(12-16)28-3)29-15-22(26)25-14-18-9-6-5-8-17(18)13-19(25)23(27)24-2/h4-12,19H,13-15H2,1-3H3,(H,24,27). The predicted molar refractivity (Wildman–Crippen MR) is 112 cm³/mol. The van der Waals surface area contributed by atoms with E-state index in [0.717, 1.165) is 16.7 Å². The molecule has 3 rings (SSSR count). The SMILES string of the molecule is CC=Cc1ccc(OCC(=O)N2Cc3ccccc3CC2C(=O)NC)c(OC)c1. The number of benzene rings is 2. The minimum Gasteiger partial charge on any atom is -0.493 e. The third kappa shape index (κ3) is 4.59. The number of hydrogen-bond donors (Lipinski definition) is 1. The molecule has 152 valence electrons. The van der Waals surface area contributed by atoms with Crippen LogP contribution in [0.2, 0.25) is 0 Å². The summed E-state index contributed by atoms with van der Waals surface area (Å²) >= 11 is 0. The molecule has 2 amide bonds. The van der Waals surface area contributed by atoms with Gasteiger partial charge in [0, 0.05) is 20.0 Å². The van der Waals surface area contributed by atoms with E-state index in [1.165, 1.54) is 0 Å². The molecule has 6 nitrogen and oxygen atoms in total. The van der Waals surface area contributed by atoms with Gasteiger partial charge in [0.25, 0.3) is 5.91 Å². The zero-order valence-corrected chi connectivity index (χ0v) is 17.0. The monoisotopic (exact) mass is 394 g/mol. The van der Waals surface area contributed by atoms with Crippen molar-refractivity contribution in [3.63, 3.8) is 0 Å². The van der Waals surface area contributed by atoms with Gasteiger partial charge in [-0.2, -0.15) is 0 Å². The molecule has 0 fully saturated rings. The van der Waals surface area contributed by atoms with Crippen LogP contribution in [0.5, 0.6) is 11.5 Å². The Kier molecular flexibility index (Phi) is 6.54. The second-order valence-electron chi connectivity index (χ2n) is 6.82. The van der Waals surface area contributed by atoms with Gasteiger partial charge >= 0.3 is 0 Å². The summed E-state index contributed by atoms with van der Waals surface area (Å²) in [5.41, 5.74) is 3.12. The minimum absolute atomic E-state index is 0.172. The molecule has 0 radical (unpaired) electrons. The fraction of sp³-hybridized carbons (Fsp3) is 0.304. The van der Waals surface area contributed by atoms with Crippen LogP contribution >= 0.6 is 0 Å². The number of methoxy groups -OCH3 is 1. The number of nitrogens with zero attached hydrogens (tertiary/aromatic N) is 1. The van der Waals surface area contributed by atoms with Gasteiger partial charge in [-0.1, -0.05) is 42.5 Å². The average Bonchev–Trinajstić information content (AvgIpc) is 2.76. The number of hydrogen-bond acceptors (Lipinski definition) is 4. The molecule has 1 atom stereocenters. The van der Waals surface area contributed by atoms with Crippen LogP contribution in [0.15, 0.2) is 48.5 Å². The number of allylic oxidation sites excluding steroid dienone is 1. The maximum absolute atomic E-state index is 13.0. The van der Waals surface area contributed by atoms with Crippen molar-refractivity contribution in [2.45, 2.75) is 25.9 Å². The quantitative estimate of drug-likeness (QED) is 0.818. The van der Waals surface area contributed by atoms with E-state index in [1.54, 1.807) is 25.1 Å². The van der Waals surface area contributed by atoms with Gasteiger partial charge in [0.15, 0.2) is 18.1 Å². The zero-order chi connectivity index (χ0) is 20.8. The molecule has 0 aromatic heterocycles. The zero-order valence-electron chi connectivity index (χ0n) is 17.0. The number of carbonyl (C=O) groups is 2. The summed E-state index contributed by atoms with van der Waals surface area (Å²) in [5, 5.41) is 2.66. The third-order valence-corrected chi connectivity index (χ3v) is 5.02. The number of nitrogens with one attached hydrogen (secondary N) is 1. The van der Waals surface area contributed by atoms with Crippen LogP contribution in [0, 0.1) is 0 Å². The smallest absolute Gasteiger partial charge is 0.261 e. The fourth-order valence-electron chi connectivity index (χ4n) is 3.51. The number of rotatable bonds is 6. The molecule has 6 heteroatoms. The molecule has 0 saturated carbocycles. The normalized spacial score (nSPS) is 15.7. The van der Waals surface area contributed by atoms with Gasteiger partial charge in [-0.3, -0.25) is 9.59 Å². The molecule has 1 unspecified atom stereocenters. The third-order valence-electron chi connectivity index (χ3n) is 5.02. The van der Waals surface area contributed by atoms with Gasteiger partial charge in [0.2, 0.25) is 5.91 Å². The highest BCUT2D eigenvalue weighted by atomic mass is 16.5. The van der Waals surface area contributed by atoms with Crippen LogP contribution in [0.4, 0.5) is 0 Å². The lowest BCUT2D eigenvalue weighted by Gasteiger charge is -2.35. The highest BCUT2D eigenvalue weighted by Gasteiger charge is 2.34. The predicted octanol–water partition coefficient (Wildman–Crippen LogP) is 2.81. The first kappa shape index (κ1) is 20.5. The molecular weight excluding hydrogens is 368 g/mol. The van der Waals surface area contributed by atoms with Crippen LogP contribution in [-0.4, -0.2) is 43.5 Å². The highest BCUT2D eigenvalue weighted by Crippen LogP contribution is 2.29. The molecule has 2 aromatic carbocycles. The summed E-state index contributed by atoms with van der Waals surface area (Å²) in [7, 11) is 3.14. The van der Waals surface area contributed by atoms with Crippen LogP contribution in [-0.2, 0) is 22.6 Å². The first-order chi connectivity index (χ1) is 14.1. The topological polar surface area (TPSA) is 67.9 Å². The minimum atomic E-state index is -0.551. The molecule has 0 aliphatic carbocycles. The Hall–Kier alpha value is -3.28. The second-order valence-corrected chi connectivity index (χ2v) is 6.82. The van der Waals surface area contributed by atoms with E-state index < -0.39 is 6.04 Å². The fourth-order valence-corrected chi connectivity index (χ4v) is 3.51. The Balaban J connectivity index is 1.76. The first-order valence-electron chi connectivity index (χ1n) is 9.58. The van der Waals surface area contributed by atoms with E-state index in [4.69, 9.17) is 9.47 Å². The highest BCUT2D eigenvalue weighted by molar-refractivity contribution is 5.89. The molecule has 1 aliphatic rings. The summed E-state index contributed by atoms with van der Waals surface area (Å²) in [5.74, 6) is 0.622. The summed E-state index contributed by atoms with van der Waals surface area (Å²) in [6.45, 7) is 2.15. The molecule has 1 aliphatic heterocycles. The van der Waals surface area contributed by atoms with E-state index in [1.807, 2.05) is 55.5 Å². The van der Waals surface area contributed by atoms with Crippen molar-refractivity contribution in [1.82, 2.24) is 10.2 Å².